The topological polar surface area (TPSA) is 66.5 Å². The lowest BCUT2D eigenvalue weighted by Gasteiger charge is -2.22. The summed E-state index contributed by atoms with van der Waals surface area (Å²) in [7, 11) is 0. The van der Waals surface area contributed by atoms with Gasteiger partial charge in [-0.2, -0.15) is 0 Å². The number of benzene rings is 2. The third kappa shape index (κ3) is 2.69. The van der Waals surface area contributed by atoms with E-state index in [1.807, 2.05) is 32.0 Å². The van der Waals surface area contributed by atoms with Crippen molar-refractivity contribution in [1.29, 1.82) is 0 Å². The van der Waals surface area contributed by atoms with Gasteiger partial charge in [0.25, 0.3) is 11.8 Å². The van der Waals surface area contributed by atoms with Crippen molar-refractivity contribution < 1.29 is 14.4 Å². The number of rotatable bonds is 3. The zero-order valence-electron chi connectivity index (χ0n) is 13.8. The zero-order chi connectivity index (χ0) is 17.4. The van der Waals surface area contributed by atoms with Crippen molar-refractivity contribution in [2.75, 3.05) is 5.32 Å². The lowest BCUT2D eigenvalue weighted by molar-refractivity contribution is -0.119. The summed E-state index contributed by atoms with van der Waals surface area (Å²) in [6.45, 7) is 5.44. The van der Waals surface area contributed by atoms with Gasteiger partial charge in [-0.1, -0.05) is 18.2 Å². The van der Waals surface area contributed by atoms with E-state index in [1.54, 1.807) is 31.2 Å². The minimum absolute atomic E-state index is 0.341. The number of imide groups is 1. The fourth-order valence-electron chi connectivity index (χ4n) is 2.97. The molecule has 0 aliphatic carbocycles. The molecule has 1 N–H and O–H groups in total. The maximum Gasteiger partial charge on any atom is 0.262 e. The number of nitrogens with zero attached hydrogens (tertiary/aromatic N) is 1. The third-order valence-electron chi connectivity index (χ3n) is 4.08. The van der Waals surface area contributed by atoms with Gasteiger partial charge in [0.2, 0.25) is 5.91 Å². The first-order valence-corrected chi connectivity index (χ1v) is 7.74. The summed E-state index contributed by atoms with van der Waals surface area (Å²) in [4.78, 5) is 38.4. The molecule has 1 atom stereocenters. The Morgan fingerprint density at radius 1 is 0.958 bits per heavy atom. The summed E-state index contributed by atoms with van der Waals surface area (Å²) in [5, 5.41) is 2.78. The number of aryl methyl sites for hydroxylation is 2. The van der Waals surface area contributed by atoms with Crippen LogP contribution in [0.3, 0.4) is 0 Å². The molecule has 1 aliphatic heterocycles. The second-order valence-electron chi connectivity index (χ2n) is 6.07. The zero-order valence-corrected chi connectivity index (χ0v) is 13.8. The van der Waals surface area contributed by atoms with Crippen LogP contribution in [0.1, 0.15) is 38.8 Å². The van der Waals surface area contributed by atoms with Crippen molar-refractivity contribution in [3.8, 4) is 0 Å². The molecule has 1 heterocycles. The first-order chi connectivity index (χ1) is 11.4. The molecule has 1 aliphatic rings. The van der Waals surface area contributed by atoms with Crippen LogP contribution in [0.15, 0.2) is 42.5 Å². The molecule has 0 radical (unpaired) electrons. The number of amides is 3. The third-order valence-corrected chi connectivity index (χ3v) is 4.08. The van der Waals surface area contributed by atoms with Gasteiger partial charge < -0.3 is 5.32 Å². The van der Waals surface area contributed by atoms with Crippen LogP contribution in [0.25, 0.3) is 0 Å². The molecule has 0 bridgehead atoms. The molecule has 0 spiro atoms. The van der Waals surface area contributed by atoms with E-state index in [2.05, 4.69) is 5.32 Å². The predicted molar refractivity (Wildman–Crippen MR) is 90.9 cm³/mol. The molecular formula is C19H18N2O3. The second kappa shape index (κ2) is 5.92. The largest absolute Gasteiger partial charge is 0.324 e. The van der Waals surface area contributed by atoms with Crippen molar-refractivity contribution >= 4 is 23.4 Å². The van der Waals surface area contributed by atoms with E-state index in [4.69, 9.17) is 0 Å². The SMILES string of the molecule is Cc1cc(C)cc(NC(=O)[C@H](C)N2C(=O)c3ccccc3C2=O)c1. The molecular weight excluding hydrogens is 304 g/mol. The van der Waals surface area contributed by atoms with E-state index in [-0.39, 0.29) is 0 Å². The molecule has 0 unspecified atom stereocenters. The van der Waals surface area contributed by atoms with E-state index in [1.165, 1.54) is 0 Å². The number of hydrogen-bond donors (Lipinski definition) is 1. The number of nitrogens with one attached hydrogen (secondary N) is 1. The molecule has 0 aromatic heterocycles. The molecule has 2 aromatic carbocycles. The maximum absolute atomic E-state index is 12.5. The molecule has 24 heavy (non-hydrogen) atoms. The van der Waals surface area contributed by atoms with Crippen LogP contribution in [-0.4, -0.2) is 28.7 Å². The number of hydrogen-bond acceptors (Lipinski definition) is 3. The lowest BCUT2D eigenvalue weighted by Crippen LogP contribution is -2.45. The molecule has 0 saturated carbocycles. The molecule has 5 heteroatoms. The van der Waals surface area contributed by atoms with Crippen LogP contribution in [0, 0.1) is 13.8 Å². The van der Waals surface area contributed by atoms with Gasteiger partial charge in [0, 0.05) is 5.69 Å². The van der Waals surface area contributed by atoms with Crippen LogP contribution < -0.4 is 5.32 Å². The average Bonchev–Trinajstić information content (AvgIpc) is 2.77. The van der Waals surface area contributed by atoms with Crippen LogP contribution >= 0.6 is 0 Å². The van der Waals surface area contributed by atoms with E-state index in [0.717, 1.165) is 16.0 Å². The van der Waals surface area contributed by atoms with Crippen molar-refractivity contribution in [2.24, 2.45) is 0 Å². The standard InChI is InChI=1S/C19H18N2O3/c1-11-8-12(2)10-14(9-11)20-17(22)13(3)21-18(23)15-6-4-5-7-16(15)19(21)24/h4-10,13H,1-3H3,(H,20,22)/t13-/m0/s1. The normalized spacial score (nSPS) is 14.5. The highest BCUT2D eigenvalue weighted by atomic mass is 16.2. The smallest absolute Gasteiger partial charge is 0.262 e. The molecule has 0 saturated heterocycles. The molecule has 0 fully saturated rings. The van der Waals surface area contributed by atoms with Gasteiger partial charge in [-0.05, 0) is 56.2 Å². The Labute approximate surface area is 140 Å². The Morgan fingerprint density at radius 2 is 1.46 bits per heavy atom. The highest BCUT2D eigenvalue weighted by Crippen LogP contribution is 2.25. The van der Waals surface area contributed by atoms with E-state index < -0.39 is 23.8 Å². The predicted octanol–water partition coefficient (Wildman–Crippen LogP) is 2.93. The number of carbonyl (C=O) groups is 3. The van der Waals surface area contributed by atoms with Crippen molar-refractivity contribution in [3.05, 3.63) is 64.7 Å². The summed E-state index contributed by atoms with van der Waals surface area (Å²) in [6, 6.07) is 11.4. The Bertz CT molecular complexity index is 802. The Balaban J connectivity index is 1.82. The van der Waals surface area contributed by atoms with Gasteiger partial charge >= 0.3 is 0 Å². The fourth-order valence-corrected chi connectivity index (χ4v) is 2.97. The molecule has 2 aromatic rings. The van der Waals surface area contributed by atoms with Gasteiger partial charge in [0.05, 0.1) is 11.1 Å². The summed E-state index contributed by atoms with van der Waals surface area (Å²) in [5.41, 5.74) is 3.39. The van der Waals surface area contributed by atoms with Crippen molar-refractivity contribution in [2.45, 2.75) is 26.8 Å². The molecule has 3 rings (SSSR count). The number of carbonyl (C=O) groups excluding carboxylic acids is 3. The Kier molecular flexibility index (Phi) is 3.93. The minimum atomic E-state index is -0.891. The van der Waals surface area contributed by atoms with E-state index in [0.29, 0.717) is 16.8 Å². The van der Waals surface area contributed by atoms with Gasteiger partial charge in [-0.15, -0.1) is 0 Å². The average molecular weight is 322 g/mol. The first-order valence-electron chi connectivity index (χ1n) is 7.74. The Morgan fingerprint density at radius 3 is 1.96 bits per heavy atom. The summed E-state index contributed by atoms with van der Waals surface area (Å²) in [6.07, 6.45) is 0. The van der Waals surface area contributed by atoms with E-state index >= 15 is 0 Å². The van der Waals surface area contributed by atoms with Crippen LogP contribution in [0.2, 0.25) is 0 Å². The van der Waals surface area contributed by atoms with E-state index in [9.17, 15) is 14.4 Å². The molecule has 5 nitrogen and oxygen atoms in total. The van der Waals surface area contributed by atoms with Gasteiger partial charge in [0.1, 0.15) is 6.04 Å². The molecule has 3 amide bonds. The van der Waals surface area contributed by atoms with Crippen LogP contribution in [0.4, 0.5) is 5.69 Å². The van der Waals surface area contributed by atoms with Crippen molar-refractivity contribution in [3.63, 3.8) is 0 Å². The van der Waals surface area contributed by atoms with Crippen LogP contribution in [-0.2, 0) is 4.79 Å². The Hall–Kier alpha value is -2.95. The quantitative estimate of drug-likeness (QED) is 0.884. The lowest BCUT2D eigenvalue weighted by atomic mass is 10.1. The second-order valence-corrected chi connectivity index (χ2v) is 6.07. The van der Waals surface area contributed by atoms with Crippen molar-refractivity contribution in [1.82, 2.24) is 4.90 Å². The highest BCUT2D eigenvalue weighted by Gasteiger charge is 2.40. The summed E-state index contributed by atoms with van der Waals surface area (Å²) < 4.78 is 0. The number of fused-ring (bicyclic) bond motifs is 1. The first kappa shape index (κ1) is 15.9. The monoisotopic (exact) mass is 322 g/mol. The maximum atomic E-state index is 12.5. The van der Waals surface area contributed by atoms with Gasteiger partial charge in [-0.25, -0.2) is 0 Å². The summed E-state index contributed by atoms with van der Waals surface area (Å²) >= 11 is 0. The minimum Gasteiger partial charge on any atom is -0.324 e. The molecule has 122 valence electrons. The van der Waals surface area contributed by atoms with Crippen LogP contribution in [0.5, 0.6) is 0 Å². The number of anilines is 1. The van der Waals surface area contributed by atoms with Gasteiger partial charge in [-0.3, -0.25) is 19.3 Å². The summed E-state index contributed by atoms with van der Waals surface area (Å²) in [5.74, 6) is -1.26. The van der Waals surface area contributed by atoms with Gasteiger partial charge in [0.15, 0.2) is 0 Å². The fraction of sp³-hybridized carbons (Fsp3) is 0.211. The highest BCUT2D eigenvalue weighted by molar-refractivity contribution is 6.23.